The average molecular weight is 757 g/mol. The monoisotopic (exact) mass is 756 g/mol. The molecule has 298 valence electrons. The standard InChI is InChI=1S/C45H60N2O8/c1-4-6-11-22-45(23-12-7-5-2)54-40-30-35(43(50)47(3)36(42(49)46-24-25-48)27-31-14-9-8-10-15-31)29-39(41(40)55-45)53-44(51)34-17-13-16-32(26-34)18-19-33-20-21-37-38(28-33)52-37/h8-10,13-19,26,30,33,36-41,48H,4-7,11-12,20-25,27-29H2,1-3H3,(H,46,49)/t33?,36-,37?,38?,39-,40-,41+/m1/s1. The van der Waals surface area contributed by atoms with Crippen LogP contribution < -0.4 is 5.32 Å². The van der Waals surface area contributed by atoms with Gasteiger partial charge in [-0.05, 0) is 67.4 Å². The molecule has 6 rings (SSSR count). The number of likely N-dealkylation sites (N-methyl/N-ethyl adjacent to an activating group) is 1. The van der Waals surface area contributed by atoms with Gasteiger partial charge in [-0.25, -0.2) is 4.79 Å². The molecule has 2 aromatic carbocycles. The van der Waals surface area contributed by atoms with E-state index in [4.69, 9.17) is 18.9 Å². The summed E-state index contributed by atoms with van der Waals surface area (Å²) in [6, 6.07) is 16.1. The molecule has 0 bridgehead atoms. The number of nitrogens with one attached hydrogen (secondary N) is 1. The van der Waals surface area contributed by atoms with Crippen LogP contribution in [0, 0.1) is 5.92 Å². The van der Waals surface area contributed by atoms with E-state index in [2.05, 4.69) is 31.3 Å². The minimum absolute atomic E-state index is 0.0768. The minimum Gasteiger partial charge on any atom is -0.456 e. The van der Waals surface area contributed by atoms with Crippen LogP contribution in [-0.4, -0.2) is 90.3 Å². The maximum atomic E-state index is 14.4. The second-order valence-corrected chi connectivity index (χ2v) is 15.7. The first kappa shape index (κ1) is 40.8. The van der Waals surface area contributed by atoms with E-state index >= 15 is 0 Å². The quantitative estimate of drug-likeness (QED) is 0.0897. The normalized spacial score (nSPS) is 25.7. The van der Waals surface area contributed by atoms with Gasteiger partial charge in [0.1, 0.15) is 24.4 Å². The first-order chi connectivity index (χ1) is 26.7. The molecule has 7 atom stereocenters. The summed E-state index contributed by atoms with van der Waals surface area (Å²) in [5.74, 6) is -1.59. The predicted octanol–water partition coefficient (Wildman–Crippen LogP) is 6.94. The molecule has 10 heteroatoms. The van der Waals surface area contributed by atoms with E-state index in [9.17, 15) is 19.5 Å². The Morgan fingerprint density at radius 3 is 2.45 bits per heavy atom. The van der Waals surface area contributed by atoms with Crippen LogP contribution in [0.15, 0.2) is 72.3 Å². The number of carbonyl (C=O) groups excluding carboxylic acids is 3. The van der Waals surface area contributed by atoms with Crippen molar-refractivity contribution < 1.29 is 38.4 Å². The number of benzene rings is 2. The molecule has 2 heterocycles. The molecule has 4 aliphatic rings. The van der Waals surface area contributed by atoms with E-state index in [1.807, 2.05) is 54.6 Å². The number of esters is 1. The fraction of sp³-hybridized carbons (Fsp3) is 0.578. The van der Waals surface area contributed by atoms with E-state index < -0.39 is 36.1 Å². The van der Waals surface area contributed by atoms with Gasteiger partial charge in [0.2, 0.25) is 11.8 Å². The second-order valence-electron chi connectivity index (χ2n) is 15.7. The van der Waals surface area contributed by atoms with Gasteiger partial charge in [-0.3, -0.25) is 9.59 Å². The number of rotatable bonds is 19. The molecule has 0 radical (unpaired) electrons. The molecule has 2 amide bonds. The number of amides is 2. The number of ether oxygens (including phenoxy) is 4. The van der Waals surface area contributed by atoms with Crippen molar-refractivity contribution in [2.75, 3.05) is 20.2 Å². The number of carbonyl (C=O) groups is 3. The zero-order chi connectivity index (χ0) is 38.8. The van der Waals surface area contributed by atoms with Gasteiger partial charge in [-0.1, -0.05) is 94.1 Å². The van der Waals surface area contributed by atoms with Crippen LogP contribution in [0.3, 0.4) is 0 Å². The van der Waals surface area contributed by atoms with Crippen LogP contribution >= 0.6 is 0 Å². The molecule has 10 nitrogen and oxygen atoms in total. The Labute approximate surface area is 326 Å². The number of aliphatic hydroxyl groups is 1. The minimum atomic E-state index is -0.847. The summed E-state index contributed by atoms with van der Waals surface area (Å²) >= 11 is 0. The fourth-order valence-corrected chi connectivity index (χ4v) is 8.33. The maximum Gasteiger partial charge on any atom is 0.338 e. The van der Waals surface area contributed by atoms with Gasteiger partial charge >= 0.3 is 5.97 Å². The van der Waals surface area contributed by atoms with E-state index in [0.717, 1.165) is 68.9 Å². The Morgan fingerprint density at radius 1 is 0.982 bits per heavy atom. The second kappa shape index (κ2) is 19.4. The van der Waals surface area contributed by atoms with E-state index in [1.165, 1.54) is 4.90 Å². The summed E-state index contributed by atoms with van der Waals surface area (Å²) in [7, 11) is 1.62. The number of hydrogen-bond acceptors (Lipinski definition) is 8. The van der Waals surface area contributed by atoms with Crippen molar-refractivity contribution in [1.82, 2.24) is 10.2 Å². The molecule has 2 aliphatic carbocycles. The Bertz CT molecular complexity index is 1650. The SMILES string of the molecule is CCCCCC1(CCCCC)O[C@@H]2[C@@H](C=C(C(=O)N(C)[C@H](Cc3ccccc3)C(=O)NCCO)C[C@H]2OC(=O)c2cccc(C=CC3CCC4OC4C3)c2)O1. The largest absolute Gasteiger partial charge is 0.456 e. The maximum absolute atomic E-state index is 14.4. The highest BCUT2D eigenvalue weighted by molar-refractivity contribution is 5.97. The highest BCUT2D eigenvalue weighted by Gasteiger charge is 2.53. The fourth-order valence-electron chi connectivity index (χ4n) is 8.33. The summed E-state index contributed by atoms with van der Waals surface area (Å²) < 4.78 is 25.7. The van der Waals surface area contributed by atoms with Gasteiger partial charge in [0.05, 0.1) is 24.4 Å². The predicted molar refractivity (Wildman–Crippen MR) is 211 cm³/mol. The first-order valence-corrected chi connectivity index (χ1v) is 20.6. The van der Waals surface area contributed by atoms with Crippen LogP contribution in [0.2, 0.25) is 0 Å². The Balaban J connectivity index is 1.24. The van der Waals surface area contributed by atoms with Crippen molar-refractivity contribution in [3.05, 3.63) is 89.0 Å². The molecule has 3 unspecified atom stereocenters. The van der Waals surface area contributed by atoms with Crippen LogP contribution in [0.1, 0.15) is 112 Å². The zero-order valence-electron chi connectivity index (χ0n) is 32.8. The van der Waals surface area contributed by atoms with Crippen molar-refractivity contribution >= 4 is 23.9 Å². The molecular weight excluding hydrogens is 697 g/mol. The Morgan fingerprint density at radius 2 is 1.75 bits per heavy atom. The highest BCUT2D eigenvalue weighted by atomic mass is 16.8. The summed E-state index contributed by atoms with van der Waals surface area (Å²) in [6.45, 7) is 4.20. The zero-order valence-corrected chi connectivity index (χ0v) is 32.8. The van der Waals surface area contributed by atoms with Gasteiger partial charge in [-0.2, -0.15) is 0 Å². The molecule has 2 aromatic rings. The number of unbranched alkanes of at least 4 members (excludes halogenated alkanes) is 4. The lowest BCUT2D eigenvalue weighted by molar-refractivity contribution is -0.190. The van der Waals surface area contributed by atoms with Crippen LogP contribution in [0.5, 0.6) is 0 Å². The van der Waals surface area contributed by atoms with E-state index in [-0.39, 0.29) is 37.8 Å². The smallest absolute Gasteiger partial charge is 0.338 e. The van der Waals surface area contributed by atoms with Gasteiger partial charge in [-0.15, -0.1) is 0 Å². The molecule has 55 heavy (non-hydrogen) atoms. The topological polar surface area (TPSA) is 127 Å². The number of hydrogen-bond donors (Lipinski definition) is 2. The summed E-state index contributed by atoms with van der Waals surface area (Å²) in [5.41, 5.74) is 2.64. The lowest BCUT2D eigenvalue weighted by Crippen LogP contribution is -2.51. The van der Waals surface area contributed by atoms with Crippen molar-refractivity contribution in [2.45, 2.75) is 140 Å². The number of epoxide rings is 1. The van der Waals surface area contributed by atoms with Gasteiger partial charge in [0, 0.05) is 44.8 Å². The Kier molecular flexibility index (Phi) is 14.4. The number of allylic oxidation sites excluding steroid dienone is 1. The molecule has 2 N–H and O–H groups in total. The summed E-state index contributed by atoms with van der Waals surface area (Å²) in [4.78, 5) is 43.3. The summed E-state index contributed by atoms with van der Waals surface area (Å²) in [5, 5.41) is 12.2. The molecule has 2 aliphatic heterocycles. The van der Waals surface area contributed by atoms with E-state index in [0.29, 0.717) is 42.1 Å². The van der Waals surface area contributed by atoms with Gasteiger partial charge < -0.3 is 34.3 Å². The number of aliphatic hydroxyl groups excluding tert-OH is 1. The Hall–Kier alpha value is -3.83. The third kappa shape index (κ3) is 10.7. The summed E-state index contributed by atoms with van der Waals surface area (Å²) in [6.07, 6.45) is 16.1. The van der Waals surface area contributed by atoms with Crippen molar-refractivity contribution in [3.63, 3.8) is 0 Å². The lowest BCUT2D eigenvalue weighted by Gasteiger charge is -2.33. The third-order valence-electron chi connectivity index (χ3n) is 11.5. The molecule has 2 saturated heterocycles. The van der Waals surface area contributed by atoms with Crippen molar-refractivity contribution in [1.29, 1.82) is 0 Å². The van der Waals surface area contributed by atoms with Crippen LogP contribution in [0.25, 0.3) is 6.08 Å². The van der Waals surface area contributed by atoms with Crippen LogP contribution in [0.4, 0.5) is 0 Å². The molecule has 3 fully saturated rings. The molecule has 0 spiro atoms. The van der Waals surface area contributed by atoms with Gasteiger partial charge in [0.15, 0.2) is 5.79 Å². The molecular formula is C45H60N2O8. The van der Waals surface area contributed by atoms with Gasteiger partial charge in [0.25, 0.3) is 0 Å². The van der Waals surface area contributed by atoms with Crippen molar-refractivity contribution in [3.8, 4) is 0 Å². The molecule has 1 saturated carbocycles. The number of nitrogens with zero attached hydrogens (tertiary/aromatic N) is 1. The lowest BCUT2D eigenvalue weighted by atomic mass is 9.88. The first-order valence-electron chi connectivity index (χ1n) is 20.6. The highest BCUT2D eigenvalue weighted by Crippen LogP contribution is 2.44. The van der Waals surface area contributed by atoms with Crippen molar-refractivity contribution in [2.24, 2.45) is 5.92 Å². The van der Waals surface area contributed by atoms with Crippen LogP contribution in [-0.2, 0) is 35.0 Å². The average Bonchev–Trinajstić information content (AvgIpc) is 3.89. The third-order valence-corrected chi connectivity index (χ3v) is 11.5. The number of fused-ring (bicyclic) bond motifs is 2. The van der Waals surface area contributed by atoms with E-state index in [1.54, 1.807) is 13.1 Å². The molecule has 0 aromatic heterocycles.